The van der Waals surface area contributed by atoms with E-state index in [-0.39, 0.29) is 16.8 Å². The molecule has 170 valence electrons. The number of benzene rings is 2. The van der Waals surface area contributed by atoms with Crippen molar-refractivity contribution in [3.8, 4) is 0 Å². The molecule has 0 amide bonds. The predicted octanol–water partition coefficient (Wildman–Crippen LogP) is 6.09. The van der Waals surface area contributed by atoms with Crippen LogP contribution >= 0.6 is 15.9 Å². The van der Waals surface area contributed by atoms with E-state index in [1.165, 1.54) is 25.3 Å². The van der Waals surface area contributed by atoms with Crippen LogP contribution in [-0.2, 0) is 38.3 Å². The van der Waals surface area contributed by atoms with Gasteiger partial charge in [0.15, 0.2) is 0 Å². The molecule has 31 heavy (non-hydrogen) atoms. The monoisotopic (exact) mass is 490 g/mol. The maximum Gasteiger partial charge on any atom is 0.323 e. The number of alkyl halides is 1. The molecule has 0 aromatic heterocycles. The number of methoxy groups -OCH3 is 2. The Morgan fingerprint density at radius 3 is 1.55 bits per heavy atom. The summed E-state index contributed by atoms with van der Waals surface area (Å²) >= 11 is 3.31. The average molecular weight is 491 g/mol. The maximum absolute atomic E-state index is 11.3. The first-order valence-electron chi connectivity index (χ1n) is 10.6. The quantitative estimate of drug-likeness (QED) is 0.331. The first-order chi connectivity index (χ1) is 14.7. The van der Waals surface area contributed by atoms with E-state index in [1.807, 2.05) is 24.3 Å². The fourth-order valence-electron chi connectivity index (χ4n) is 3.04. The van der Waals surface area contributed by atoms with Crippen LogP contribution in [0.5, 0.6) is 0 Å². The lowest BCUT2D eigenvalue weighted by molar-refractivity contribution is -0.140. The van der Waals surface area contributed by atoms with Crippen molar-refractivity contribution in [2.75, 3.05) is 14.2 Å². The Kier molecular flexibility index (Phi) is 12.2. The van der Waals surface area contributed by atoms with Gasteiger partial charge in [0.05, 0.1) is 20.6 Å². The lowest BCUT2D eigenvalue weighted by atomic mass is 10.0. The van der Waals surface area contributed by atoms with Gasteiger partial charge in [-0.15, -0.1) is 0 Å². The number of rotatable bonds is 8. The van der Waals surface area contributed by atoms with Gasteiger partial charge in [-0.1, -0.05) is 92.2 Å². The van der Waals surface area contributed by atoms with Gasteiger partial charge in [0.2, 0.25) is 0 Å². The molecule has 0 aliphatic heterocycles. The second kappa shape index (κ2) is 14.0. The standard InChI is InChI=1S/C13H17BrO2.C13H18O2/c1-9(2)8-10-4-6-11(7-5-10)12(14)13(15)16-3;1-10(2)8-11-4-6-12(7-5-11)9-13(14)15-3/h4-7,9,12H,8H2,1-3H3;4-7,10H,8-9H2,1-3H3. The van der Waals surface area contributed by atoms with Crippen LogP contribution in [0.3, 0.4) is 0 Å². The van der Waals surface area contributed by atoms with Crippen molar-refractivity contribution < 1.29 is 19.1 Å². The molecule has 0 radical (unpaired) electrons. The molecular weight excluding hydrogens is 456 g/mol. The number of hydrogen-bond acceptors (Lipinski definition) is 4. The molecule has 2 rings (SSSR count). The van der Waals surface area contributed by atoms with Crippen molar-refractivity contribution >= 4 is 27.9 Å². The van der Waals surface area contributed by atoms with Crippen LogP contribution in [0.4, 0.5) is 0 Å². The third-order valence-corrected chi connectivity index (χ3v) is 5.47. The van der Waals surface area contributed by atoms with Gasteiger partial charge in [-0.25, -0.2) is 0 Å². The van der Waals surface area contributed by atoms with Crippen LogP contribution < -0.4 is 0 Å². The van der Waals surface area contributed by atoms with E-state index >= 15 is 0 Å². The number of hydrogen-bond donors (Lipinski definition) is 0. The van der Waals surface area contributed by atoms with Crippen molar-refractivity contribution in [2.24, 2.45) is 11.8 Å². The van der Waals surface area contributed by atoms with Crippen molar-refractivity contribution in [1.29, 1.82) is 0 Å². The number of esters is 2. The zero-order chi connectivity index (χ0) is 23.4. The Bertz CT molecular complexity index is 795. The Labute approximate surface area is 195 Å². The minimum Gasteiger partial charge on any atom is -0.469 e. The van der Waals surface area contributed by atoms with Crippen LogP contribution in [-0.4, -0.2) is 26.2 Å². The van der Waals surface area contributed by atoms with E-state index < -0.39 is 0 Å². The second-order valence-corrected chi connectivity index (χ2v) is 9.31. The molecule has 0 N–H and O–H groups in total. The summed E-state index contributed by atoms with van der Waals surface area (Å²) in [6.07, 6.45) is 2.50. The van der Waals surface area contributed by atoms with Gasteiger partial charge in [0.25, 0.3) is 0 Å². The summed E-state index contributed by atoms with van der Waals surface area (Å²) < 4.78 is 9.29. The van der Waals surface area contributed by atoms with Crippen LogP contribution in [0, 0.1) is 11.8 Å². The number of carbonyl (C=O) groups is 2. The van der Waals surface area contributed by atoms with E-state index in [0.717, 1.165) is 24.0 Å². The summed E-state index contributed by atoms with van der Waals surface area (Å²) in [5.41, 5.74) is 4.55. The molecule has 0 aliphatic rings. The normalized spacial score (nSPS) is 11.5. The van der Waals surface area contributed by atoms with Gasteiger partial charge < -0.3 is 9.47 Å². The lowest BCUT2D eigenvalue weighted by Gasteiger charge is -2.09. The molecule has 2 aromatic rings. The fraction of sp³-hybridized carbons (Fsp3) is 0.462. The third-order valence-electron chi connectivity index (χ3n) is 4.57. The second-order valence-electron chi connectivity index (χ2n) is 8.39. The average Bonchev–Trinajstić information content (AvgIpc) is 2.74. The molecule has 5 heteroatoms. The smallest absolute Gasteiger partial charge is 0.323 e. The topological polar surface area (TPSA) is 52.6 Å². The van der Waals surface area contributed by atoms with Gasteiger partial charge >= 0.3 is 11.9 Å². The number of halogens is 1. The summed E-state index contributed by atoms with van der Waals surface area (Å²) in [6.45, 7) is 8.77. The van der Waals surface area contributed by atoms with E-state index in [0.29, 0.717) is 18.3 Å². The minimum absolute atomic E-state index is 0.188. The Morgan fingerprint density at radius 2 is 1.16 bits per heavy atom. The first-order valence-corrected chi connectivity index (χ1v) is 11.5. The summed E-state index contributed by atoms with van der Waals surface area (Å²) in [5, 5.41) is 0. The van der Waals surface area contributed by atoms with Gasteiger partial charge in [-0.2, -0.15) is 0 Å². The number of carbonyl (C=O) groups excluding carboxylic acids is 2. The van der Waals surface area contributed by atoms with E-state index in [1.54, 1.807) is 0 Å². The highest BCUT2D eigenvalue weighted by atomic mass is 79.9. The Morgan fingerprint density at radius 1 is 0.742 bits per heavy atom. The SMILES string of the molecule is COC(=O)C(Br)c1ccc(CC(C)C)cc1.COC(=O)Cc1ccc(CC(C)C)cc1. The largest absolute Gasteiger partial charge is 0.469 e. The zero-order valence-corrected chi connectivity index (χ0v) is 21.1. The van der Waals surface area contributed by atoms with Gasteiger partial charge in [-0.3, -0.25) is 9.59 Å². The summed E-state index contributed by atoms with van der Waals surface area (Å²) in [6, 6.07) is 16.2. The van der Waals surface area contributed by atoms with Crippen LogP contribution in [0.25, 0.3) is 0 Å². The summed E-state index contributed by atoms with van der Waals surface area (Å²) in [7, 11) is 2.80. The zero-order valence-electron chi connectivity index (χ0n) is 19.5. The van der Waals surface area contributed by atoms with E-state index in [2.05, 4.69) is 77.4 Å². The van der Waals surface area contributed by atoms with Crippen molar-refractivity contribution in [1.82, 2.24) is 0 Å². The van der Waals surface area contributed by atoms with Gasteiger partial charge in [-0.05, 0) is 46.9 Å². The van der Waals surface area contributed by atoms with Gasteiger partial charge in [0.1, 0.15) is 4.83 Å². The highest BCUT2D eigenvalue weighted by molar-refractivity contribution is 9.09. The number of ether oxygens (including phenoxy) is 2. The molecule has 4 nitrogen and oxygen atoms in total. The molecule has 1 unspecified atom stereocenters. The lowest BCUT2D eigenvalue weighted by Crippen LogP contribution is -2.08. The molecular formula is C26H35BrO4. The molecule has 0 fully saturated rings. The molecule has 0 aliphatic carbocycles. The van der Waals surface area contributed by atoms with Crippen LogP contribution in [0.1, 0.15) is 54.8 Å². The highest BCUT2D eigenvalue weighted by Crippen LogP contribution is 2.24. The van der Waals surface area contributed by atoms with E-state index in [4.69, 9.17) is 0 Å². The first kappa shape index (κ1) is 26.9. The van der Waals surface area contributed by atoms with Crippen molar-refractivity contribution in [3.63, 3.8) is 0 Å². The van der Waals surface area contributed by atoms with Crippen molar-refractivity contribution in [3.05, 3.63) is 70.8 Å². The molecule has 1 atom stereocenters. The third kappa shape index (κ3) is 10.6. The molecule has 2 aromatic carbocycles. The van der Waals surface area contributed by atoms with E-state index in [9.17, 15) is 9.59 Å². The highest BCUT2D eigenvalue weighted by Gasteiger charge is 2.17. The van der Waals surface area contributed by atoms with Crippen LogP contribution in [0.15, 0.2) is 48.5 Å². The molecule has 0 bridgehead atoms. The Balaban J connectivity index is 0.000000311. The molecule has 0 saturated heterocycles. The fourth-order valence-corrected chi connectivity index (χ4v) is 3.53. The molecule has 0 heterocycles. The Hall–Kier alpha value is -2.14. The van der Waals surface area contributed by atoms with Crippen LogP contribution in [0.2, 0.25) is 0 Å². The predicted molar refractivity (Wildman–Crippen MR) is 129 cm³/mol. The maximum atomic E-state index is 11.3. The van der Waals surface area contributed by atoms with Crippen molar-refractivity contribution in [2.45, 2.75) is 51.8 Å². The van der Waals surface area contributed by atoms with Gasteiger partial charge in [0, 0.05) is 0 Å². The summed E-state index contributed by atoms with van der Waals surface area (Å²) in [4.78, 5) is 22.0. The molecule has 0 spiro atoms. The summed E-state index contributed by atoms with van der Waals surface area (Å²) in [5.74, 6) is 0.853. The molecule has 0 saturated carbocycles. The minimum atomic E-state index is -0.370.